The fourth-order valence-electron chi connectivity index (χ4n) is 5.05. The Labute approximate surface area is 308 Å². The molecule has 19 nitrogen and oxygen atoms in total. The Kier molecular flexibility index (Phi) is 19.3. The third kappa shape index (κ3) is 18.0. The number of benzene rings is 1. The first kappa shape index (κ1) is 45.6. The molecule has 53 heavy (non-hydrogen) atoms. The van der Waals surface area contributed by atoms with Crippen LogP contribution in [0.2, 0.25) is 0 Å². The highest BCUT2D eigenvalue weighted by Crippen LogP contribution is 2.14. The molecule has 1 aromatic carbocycles. The molecule has 15 N–H and O–H groups in total. The number of nitrogens with zero attached hydrogens (tertiary/aromatic N) is 1. The molecule has 0 aliphatic heterocycles. The molecule has 0 aromatic heterocycles. The van der Waals surface area contributed by atoms with Gasteiger partial charge in [-0.25, -0.2) is 4.79 Å². The first-order valence-electron chi connectivity index (χ1n) is 17.3. The number of nitrogens with one attached hydrogen (secondary N) is 5. The molecule has 296 valence electrons. The summed E-state index contributed by atoms with van der Waals surface area (Å²) in [5.41, 5.74) is 22.3. The Hall–Kier alpha value is -5.46. The smallest absolute Gasteiger partial charge is 0.326 e. The summed E-state index contributed by atoms with van der Waals surface area (Å²) in [6.07, 6.45) is -0.353. The highest BCUT2D eigenvalue weighted by atomic mass is 16.4. The van der Waals surface area contributed by atoms with Gasteiger partial charge in [-0.05, 0) is 62.1 Å². The zero-order valence-electron chi connectivity index (χ0n) is 30.9. The van der Waals surface area contributed by atoms with Crippen LogP contribution in [-0.4, -0.2) is 100 Å². The molecular formula is C34H56N10O9. The zero-order chi connectivity index (χ0) is 40.4. The second-order valence-corrected chi connectivity index (χ2v) is 13.7. The molecule has 0 saturated carbocycles. The molecule has 0 saturated heterocycles. The minimum atomic E-state index is -1.58. The summed E-state index contributed by atoms with van der Waals surface area (Å²) in [7, 11) is 0. The largest absolute Gasteiger partial charge is 0.508 e. The van der Waals surface area contributed by atoms with E-state index in [1.807, 2.05) is 0 Å². The van der Waals surface area contributed by atoms with Gasteiger partial charge in [-0.15, -0.1) is 0 Å². The van der Waals surface area contributed by atoms with Gasteiger partial charge >= 0.3 is 5.97 Å². The van der Waals surface area contributed by atoms with Gasteiger partial charge in [-0.2, -0.15) is 0 Å². The second-order valence-electron chi connectivity index (χ2n) is 13.7. The monoisotopic (exact) mass is 748 g/mol. The van der Waals surface area contributed by atoms with E-state index in [-0.39, 0.29) is 62.2 Å². The maximum absolute atomic E-state index is 13.8. The lowest BCUT2D eigenvalue weighted by atomic mass is 9.99. The minimum absolute atomic E-state index is 0.0226. The number of carboxylic acid groups (broad SMARTS) is 1. The van der Waals surface area contributed by atoms with Crippen LogP contribution >= 0.6 is 0 Å². The van der Waals surface area contributed by atoms with Crippen molar-refractivity contribution < 1.29 is 43.8 Å². The highest BCUT2D eigenvalue weighted by Gasteiger charge is 2.34. The van der Waals surface area contributed by atoms with Crippen LogP contribution in [-0.2, 0) is 40.0 Å². The molecular weight excluding hydrogens is 692 g/mol. The molecule has 19 heteroatoms. The van der Waals surface area contributed by atoms with Gasteiger partial charge in [0, 0.05) is 13.0 Å². The summed E-state index contributed by atoms with van der Waals surface area (Å²) in [6, 6.07) is -1.83. The average molecular weight is 749 g/mol. The summed E-state index contributed by atoms with van der Waals surface area (Å²) in [4.78, 5) is 94.4. The van der Waals surface area contributed by atoms with Crippen LogP contribution in [0.3, 0.4) is 0 Å². The third-order valence-electron chi connectivity index (χ3n) is 7.70. The van der Waals surface area contributed by atoms with Crippen molar-refractivity contribution in [3.63, 3.8) is 0 Å². The number of hydrogen-bond donors (Lipinski definition) is 11. The topological polar surface area (TPSA) is 337 Å². The highest BCUT2D eigenvalue weighted by molar-refractivity contribution is 5.97. The zero-order valence-corrected chi connectivity index (χ0v) is 30.9. The fourth-order valence-corrected chi connectivity index (χ4v) is 5.05. The maximum atomic E-state index is 13.8. The van der Waals surface area contributed by atoms with Crippen molar-refractivity contribution in [2.75, 3.05) is 6.54 Å². The number of amides is 6. The van der Waals surface area contributed by atoms with E-state index in [4.69, 9.17) is 22.9 Å². The Bertz CT molecular complexity index is 1450. The van der Waals surface area contributed by atoms with Gasteiger partial charge in [-0.1, -0.05) is 39.8 Å². The number of hydrogen-bond acceptors (Lipinski definition) is 10. The quantitative estimate of drug-likeness (QED) is 0.0323. The summed E-state index contributed by atoms with van der Waals surface area (Å²) in [6.45, 7) is 8.65. The van der Waals surface area contributed by atoms with Crippen molar-refractivity contribution in [2.24, 2.45) is 39.8 Å². The Morgan fingerprint density at radius 3 is 1.62 bits per heavy atom. The number of rotatable bonds is 23. The SMILES string of the molecule is CC(C)C[C@H](NC(=O)[C@H](Cc1ccc(O)cc1)NC(=O)[C@H](CC(C)C)NC(=O)[C@H](CC(N)=O)NC(=O)[C@H](CCCN=C(N)N)NC(=O)[C@H](C)N)C(=O)O. The maximum Gasteiger partial charge on any atom is 0.326 e. The van der Waals surface area contributed by atoms with Crippen molar-refractivity contribution in [1.82, 2.24) is 26.6 Å². The number of aliphatic imine (C=N–C) groups is 1. The molecule has 0 aliphatic carbocycles. The predicted octanol–water partition coefficient (Wildman–Crippen LogP) is -2.19. The Morgan fingerprint density at radius 1 is 0.660 bits per heavy atom. The molecule has 0 bridgehead atoms. The minimum Gasteiger partial charge on any atom is -0.508 e. The lowest BCUT2D eigenvalue weighted by Gasteiger charge is -2.27. The lowest BCUT2D eigenvalue weighted by Crippen LogP contribution is -2.60. The van der Waals surface area contributed by atoms with Gasteiger partial charge in [0.15, 0.2) is 5.96 Å². The van der Waals surface area contributed by atoms with E-state index in [9.17, 15) is 43.8 Å². The fraction of sp³-hybridized carbons (Fsp3) is 0.588. The van der Waals surface area contributed by atoms with Crippen molar-refractivity contribution in [3.8, 4) is 5.75 Å². The number of carbonyl (C=O) groups excluding carboxylic acids is 6. The molecule has 1 rings (SSSR count). The van der Waals surface area contributed by atoms with E-state index >= 15 is 0 Å². The van der Waals surface area contributed by atoms with Crippen LogP contribution in [0, 0.1) is 11.8 Å². The summed E-state index contributed by atoms with van der Waals surface area (Å²) in [5.74, 6) is -6.79. The molecule has 1 aromatic rings. The van der Waals surface area contributed by atoms with Gasteiger partial charge in [-0.3, -0.25) is 33.8 Å². The van der Waals surface area contributed by atoms with E-state index in [1.165, 1.54) is 31.2 Å². The molecule has 0 fully saturated rings. The Balaban J connectivity index is 3.36. The first-order chi connectivity index (χ1) is 24.7. The second kappa shape index (κ2) is 22.5. The number of guanidine groups is 1. The number of phenolic OH excluding ortho intramolecular Hbond substituents is 1. The standard InChI is InChI=1S/C34H56N10O9/c1-17(2)13-23(30(49)42-24(15-20-8-10-21(45)11-9-20)31(50)44-26(33(52)53)14-18(3)4)41-32(51)25(16-27(36)46)43-29(48)22(40-28(47)19(5)35)7-6-12-39-34(37)38/h8-11,17-19,22-26,45H,6-7,12-16,35H2,1-5H3,(H2,36,46)(H,40,47)(H,41,51)(H,42,49)(H,43,48)(H,44,50)(H,52,53)(H4,37,38,39)/t19-,22-,23-,24-,25-,26-/m0/s1. The Morgan fingerprint density at radius 2 is 1.11 bits per heavy atom. The van der Waals surface area contributed by atoms with Gasteiger partial charge in [0.25, 0.3) is 0 Å². The molecule has 0 heterocycles. The van der Waals surface area contributed by atoms with Crippen molar-refractivity contribution in [3.05, 3.63) is 29.8 Å². The normalized spacial score (nSPS) is 14.4. The number of carboxylic acids is 1. The average Bonchev–Trinajstić information content (AvgIpc) is 3.04. The van der Waals surface area contributed by atoms with E-state index in [0.29, 0.717) is 5.56 Å². The molecule has 0 spiro atoms. The number of primary amides is 1. The van der Waals surface area contributed by atoms with Crippen LogP contribution in [0.4, 0.5) is 0 Å². The lowest BCUT2D eigenvalue weighted by molar-refractivity contribution is -0.142. The van der Waals surface area contributed by atoms with E-state index in [2.05, 4.69) is 31.6 Å². The van der Waals surface area contributed by atoms with E-state index in [0.717, 1.165) is 0 Å². The van der Waals surface area contributed by atoms with E-state index < -0.39 is 84.1 Å². The van der Waals surface area contributed by atoms with Crippen LogP contribution in [0.1, 0.15) is 72.3 Å². The molecule has 0 radical (unpaired) electrons. The molecule has 0 unspecified atom stereocenters. The third-order valence-corrected chi connectivity index (χ3v) is 7.70. The number of carbonyl (C=O) groups is 7. The van der Waals surface area contributed by atoms with Gasteiger partial charge in [0.1, 0.15) is 36.0 Å². The van der Waals surface area contributed by atoms with Gasteiger partial charge < -0.3 is 59.7 Å². The van der Waals surface area contributed by atoms with Crippen molar-refractivity contribution in [2.45, 2.75) is 109 Å². The first-order valence-corrected chi connectivity index (χ1v) is 17.3. The summed E-state index contributed by atoms with van der Waals surface area (Å²) < 4.78 is 0. The number of aromatic hydroxyl groups is 1. The predicted molar refractivity (Wildman–Crippen MR) is 195 cm³/mol. The van der Waals surface area contributed by atoms with Crippen molar-refractivity contribution in [1.29, 1.82) is 0 Å². The van der Waals surface area contributed by atoms with Crippen LogP contribution in [0.15, 0.2) is 29.3 Å². The molecule has 0 aliphatic rings. The summed E-state index contributed by atoms with van der Waals surface area (Å²) >= 11 is 0. The van der Waals surface area contributed by atoms with E-state index in [1.54, 1.807) is 27.7 Å². The van der Waals surface area contributed by atoms with Crippen LogP contribution in [0.5, 0.6) is 5.75 Å². The van der Waals surface area contributed by atoms with Crippen molar-refractivity contribution >= 4 is 47.4 Å². The molecule has 6 atom stereocenters. The van der Waals surface area contributed by atoms with Gasteiger partial charge in [0.05, 0.1) is 12.5 Å². The number of phenols is 1. The van der Waals surface area contributed by atoms with Gasteiger partial charge in [0.2, 0.25) is 35.4 Å². The van der Waals surface area contributed by atoms with Crippen LogP contribution in [0.25, 0.3) is 0 Å². The summed E-state index contributed by atoms with van der Waals surface area (Å²) in [5, 5.41) is 32.0. The van der Waals surface area contributed by atoms with Crippen LogP contribution < -0.4 is 49.5 Å². The number of aliphatic carboxylic acids is 1. The number of nitrogens with two attached hydrogens (primary N) is 4. The molecule has 6 amide bonds.